The Hall–Kier alpha value is -2.51. The summed E-state index contributed by atoms with van der Waals surface area (Å²) in [5.74, 6) is -1.92. The van der Waals surface area contributed by atoms with Gasteiger partial charge in [0.15, 0.2) is 6.61 Å². The number of amides is 1. The summed E-state index contributed by atoms with van der Waals surface area (Å²) in [4.78, 5) is 39.4. The van der Waals surface area contributed by atoms with Gasteiger partial charge in [-0.25, -0.2) is 9.59 Å². The standard InChI is InChI=1S/C19H20Cl2N2O5/c1-9(2)28-18(25)15-10(3)16(22-11(15)4)19(26)27-8-14(24)23-17-12(20)6-5-7-13(17)21/h5-7,9,22H,8H2,1-4H3,(H,23,24). The zero-order chi connectivity index (χ0) is 21.0. The Bertz CT molecular complexity index is 901. The fourth-order valence-electron chi connectivity index (χ4n) is 2.53. The summed E-state index contributed by atoms with van der Waals surface area (Å²) in [5, 5.41) is 3.01. The molecule has 1 heterocycles. The van der Waals surface area contributed by atoms with E-state index in [-0.39, 0.29) is 33.1 Å². The molecule has 2 rings (SSSR count). The lowest BCUT2D eigenvalue weighted by molar-refractivity contribution is -0.119. The number of H-pyrrole nitrogens is 1. The number of anilines is 1. The lowest BCUT2D eigenvalue weighted by Gasteiger charge is -2.10. The van der Waals surface area contributed by atoms with E-state index in [4.69, 9.17) is 32.7 Å². The number of carbonyl (C=O) groups excluding carboxylic acids is 3. The Morgan fingerprint density at radius 1 is 1.11 bits per heavy atom. The van der Waals surface area contributed by atoms with Crippen molar-refractivity contribution in [2.75, 3.05) is 11.9 Å². The number of hydrogen-bond acceptors (Lipinski definition) is 5. The molecular formula is C19H20Cl2N2O5. The molecule has 0 saturated heterocycles. The molecule has 0 bridgehead atoms. The van der Waals surface area contributed by atoms with Gasteiger partial charge in [-0.2, -0.15) is 0 Å². The van der Waals surface area contributed by atoms with Gasteiger partial charge in [0.25, 0.3) is 5.91 Å². The van der Waals surface area contributed by atoms with Crippen molar-refractivity contribution in [3.8, 4) is 0 Å². The molecule has 0 aliphatic carbocycles. The monoisotopic (exact) mass is 426 g/mol. The van der Waals surface area contributed by atoms with Crippen LogP contribution in [0.2, 0.25) is 10.0 Å². The number of carbonyl (C=O) groups is 3. The zero-order valence-corrected chi connectivity index (χ0v) is 17.3. The molecule has 2 N–H and O–H groups in total. The predicted molar refractivity (Wildman–Crippen MR) is 106 cm³/mol. The maximum absolute atomic E-state index is 12.3. The average molecular weight is 427 g/mol. The molecule has 9 heteroatoms. The SMILES string of the molecule is Cc1[nH]c(C(=O)OCC(=O)Nc2c(Cl)cccc2Cl)c(C)c1C(=O)OC(C)C. The van der Waals surface area contributed by atoms with Crippen molar-refractivity contribution in [1.29, 1.82) is 0 Å². The number of benzene rings is 1. The predicted octanol–water partition coefficient (Wildman–Crippen LogP) is 4.30. The maximum Gasteiger partial charge on any atom is 0.355 e. The van der Waals surface area contributed by atoms with Gasteiger partial charge >= 0.3 is 11.9 Å². The first-order chi connectivity index (χ1) is 13.1. The third-order valence-electron chi connectivity index (χ3n) is 3.75. The molecule has 0 aliphatic heterocycles. The van der Waals surface area contributed by atoms with Gasteiger partial charge in [0, 0.05) is 5.69 Å². The Balaban J connectivity index is 2.05. The third kappa shape index (κ3) is 5.05. The van der Waals surface area contributed by atoms with Gasteiger partial charge in [-0.05, 0) is 45.4 Å². The van der Waals surface area contributed by atoms with Crippen LogP contribution in [0.1, 0.15) is 46.0 Å². The minimum absolute atomic E-state index is 0.0804. The minimum atomic E-state index is -0.774. The van der Waals surface area contributed by atoms with E-state index in [0.29, 0.717) is 11.3 Å². The molecule has 150 valence electrons. The van der Waals surface area contributed by atoms with Crippen LogP contribution in [0.4, 0.5) is 5.69 Å². The van der Waals surface area contributed by atoms with Crippen molar-refractivity contribution in [3.05, 3.63) is 50.8 Å². The quantitative estimate of drug-likeness (QED) is 0.670. The number of halogens is 2. The Kier molecular flexibility index (Phi) is 7.10. The van der Waals surface area contributed by atoms with Gasteiger partial charge in [-0.1, -0.05) is 29.3 Å². The molecule has 0 unspecified atom stereocenters. The number of aromatic nitrogens is 1. The highest BCUT2D eigenvalue weighted by Gasteiger charge is 2.25. The van der Waals surface area contributed by atoms with E-state index in [2.05, 4.69) is 10.3 Å². The Morgan fingerprint density at radius 3 is 2.29 bits per heavy atom. The van der Waals surface area contributed by atoms with Crippen molar-refractivity contribution >= 4 is 46.7 Å². The van der Waals surface area contributed by atoms with Crippen LogP contribution in [0.5, 0.6) is 0 Å². The van der Waals surface area contributed by atoms with Crippen molar-refractivity contribution in [2.24, 2.45) is 0 Å². The fourth-order valence-corrected chi connectivity index (χ4v) is 3.02. The van der Waals surface area contributed by atoms with E-state index in [1.54, 1.807) is 45.9 Å². The zero-order valence-electron chi connectivity index (χ0n) is 15.8. The number of ether oxygens (including phenoxy) is 2. The van der Waals surface area contributed by atoms with Crippen LogP contribution in [0.3, 0.4) is 0 Å². The Morgan fingerprint density at radius 2 is 1.71 bits per heavy atom. The molecule has 1 aromatic carbocycles. The topological polar surface area (TPSA) is 97.5 Å². The highest BCUT2D eigenvalue weighted by molar-refractivity contribution is 6.39. The molecule has 28 heavy (non-hydrogen) atoms. The maximum atomic E-state index is 12.3. The van der Waals surface area contributed by atoms with E-state index >= 15 is 0 Å². The summed E-state index contributed by atoms with van der Waals surface area (Å²) >= 11 is 12.0. The molecule has 0 spiro atoms. The molecule has 0 aliphatic rings. The summed E-state index contributed by atoms with van der Waals surface area (Å²) in [6.07, 6.45) is -0.295. The third-order valence-corrected chi connectivity index (χ3v) is 4.38. The second-order valence-electron chi connectivity index (χ2n) is 6.30. The average Bonchev–Trinajstić information content (AvgIpc) is 2.90. The van der Waals surface area contributed by atoms with E-state index < -0.39 is 24.5 Å². The second kappa shape index (κ2) is 9.12. The molecule has 0 saturated carbocycles. The number of esters is 2. The van der Waals surface area contributed by atoms with Crippen molar-refractivity contribution in [1.82, 2.24) is 4.98 Å². The van der Waals surface area contributed by atoms with Crippen LogP contribution in [-0.4, -0.2) is 35.5 Å². The van der Waals surface area contributed by atoms with E-state index in [0.717, 1.165) is 0 Å². The number of aromatic amines is 1. The van der Waals surface area contributed by atoms with Gasteiger partial charge < -0.3 is 19.8 Å². The fraction of sp³-hybridized carbons (Fsp3) is 0.316. The van der Waals surface area contributed by atoms with Crippen LogP contribution >= 0.6 is 23.2 Å². The first kappa shape index (κ1) is 21.8. The molecule has 0 atom stereocenters. The summed E-state index contributed by atoms with van der Waals surface area (Å²) in [6.45, 7) is 6.15. The molecule has 2 aromatic rings. The minimum Gasteiger partial charge on any atom is -0.459 e. The van der Waals surface area contributed by atoms with Crippen molar-refractivity contribution in [3.63, 3.8) is 0 Å². The van der Waals surface area contributed by atoms with Gasteiger partial charge in [0.05, 0.1) is 27.4 Å². The van der Waals surface area contributed by atoms with Crippen LogP contribution in [0.25, 0.3) is 0 Å². The van der Waals surface area contributed by atoms with Crippen LogP contribution in [0.15, 0.2) is 18.2 Å². The molecule has 1 aromatic heterocycles. The number of para-hydroxylation sites is 1. The summed E-state index contributed by atoms with van der Waals surface area (Å²) in [5.41, 5.74) is 1.45. The number of nitrogens with one attached hydrogen (secondary N) is 2. The first-order valence-electron chi connectivity index (χ1n) is 8.43. The summed E-state index contributed by atoms with van der Waals surface area (Å²) in [6, 6.07) is 4.77. The van der Waals surface area contributed by atoms with E-state index in [1.807, 2.05) is 0 Å². The number of aryl methyl sites for hydroxylation is 1. The highest BCUT2D eigenvalue weighted by atomic mass is 35.5. The first-order valence-corrected chi connectivity index (χ1v) is 9.18. The van der Waals surface area contributed by atoms with Crippen molar-refractivity contribution in [2.45, 2.75) is 33.8 Å². The van der Waals surface area contributed by atoms with Gasteiger partial charge in [-0.15, -0.1) is 0 Å². The molecule has 0 fully saturated rings. The number of rotatable bonds is 6. The van der Waals surface area contributed by atoms with Gasteiger partial charge in [0.2, 0.25) is 0 Å². The second-order valence-corrected chi connectivity index (χ2v) is 7.11. The van der Waals surface area contributed by atoms with E-state index in [1.165, 1.54) is 0 Å². The highest BCUT2D eigenvalue weighted by Crippen LogP contribution is 2.29. The Labute approximate surface area is 172 Å². The van der Waals surface area contributed by atoms with E-state index in [9.17, 15) is 14.4 Å². The molecule has 0 radical (unpaired) electrons. The van der Waals surface area contributed by atoms with Gasteiger partial charge in [-0.3, -0.25) is 4.79 Å². The van der Waals surface area contributed by atoms with Crippen molar-refractivity contribution < 1.29 is 23.9 Å². The summed E-state index contributed by atoms with van der Waals surface area (Å²) < 4.78 is 10.2. The van der Waals surface area contributed by atoms with Gasteiger partial charge in [0.1, 0.15) is 5.69 Å². The molecule has 7 nitrogen and oxygen atoms in total. The molecule has 1 amide bonds. The van der Waals surface area contributed by atoms with Crippen LogP contribution in [-0.2, 0) is 14.3 Å². The lowest BCUT2D eigenvalue weighted by atomic mass is 10.1. The lowest BCUT2D eigenvalue weighted by Crippen LogP contribution is -2.21. The molecular weight excluding hydrogens is 407 g/mol. The smallest absolute Gasteiger partial charge is 0.355 e. The summed E-state index contributed by atoms with van der Waals surface area (Å²) in [7, 11) is 0. The van der Waals surface area contributed by atoms with Crippen LogP contribution < -0.4 is 5.32 Å². The normalized spacial score (nSPS) is 10.7. The largest absolute Gasteiger partial charge is 0.459 e. The number of hydrogen-bond donors (Lipinski definition) is 2. The van der Waals surface area contributed by atoms with Crippen LogP contribution in [0, 0.1) is 13.8 Å².